The number of nitrogens with zero attached hydrogens (tertiary/aromatic N) is 6. The Kier molecular flexibility index (Phi) is 7.09. The number of halogens is 3. The van der Waals surface area contributed by atoms with E-state index >= 15 is 0 Å². The molecular weight excluding hydrogens is 559 g/mol. The second-order valence-corrected chi connectivity index (χ2v) is 13.1. The van der Waals surface area contributed by atoms with Crippen LogP contribution in [0.3, 0.4) is 0 Å². The molecule has 0 atom stereocenters. The zero-order chi connectivity index (χ0) is 28.8. The number of piperidine rings is 2. The summed E-state index contributed by atoms with van der Waals surface area (Å²) in [5.74, 6) is -3.47. The Hall–Kier alpha value is -3.39. The number of sulfonamides is 1. The van der Waals surface area contributed by atoms with E-state index in [1.54, 1.807) is 24.4 Å². The van der Waals surface area contributed by atoms with Gasteiger partial charge in [-0.2, -0.15) is 0 Å². The third-order valence-electron chi connectivity index (χ3n) is 8.36. The number of benzene rings is 1. The Morgan fingerprint density at radius 2 is 1.66 bits per heavy atom. The lowest BCUT2D eigenvalue weighted by Gasteiger charge is -2.35. The lowest BCUT2D eigenvalue weighted by molar-refractivity contribution is -0.0222. The molecular formula is C27H32F3N7O3S. The van der Waals surface area contributed by atoms with Crippen molar-refractivity contribution in [2.75, 3.05) is 53.1 Å². The van der Waals surface area contributed by atoms with Gasteiger partial charge in [-0.15, -0.1) is 5.10 Å². The highest BCUT2D eigenvalue weighted by Gasteiger charge is 2.44. The van der Waals surface area contributed by atoms with E-state index in [-0.39, 0.29) is 31.7 Å². The molecule has 4 heterocycles. The number of pyridine rings is 1. The Bertz CT molecular complexity index is 1520. The molecule has 1 aromatic carbocycles. The lowest BCUT2D eigenvalue weighted by Crippen LogP contribution is -2.40. The summed E-state index contributed by atoms with van der Waals surface area (Å²) in [7, 11) is -3.71. The van der Waals surface area contributed by atoms with Gasteiger partial charge >= 0.3 is 0 Å². The zero-order valence-corrected chi connectivity index (χ0v) is 23.3. The summed E-state index contributed by atoms with van der Waals surface area (Å²) >= 11 is 0. The van der Waals surface area contributed by atoms with Gasteiger partial charge in [0.25, 0.3) is 5.92 Å². The van der Waals surface area contributed by atoms with E-state index in [1.807, 2.05) is 0 Å². The summed E-state index contributed by atoms with van der Waals surface area (Å²) in [6.45, 7) is 1.16. The number of aromatic nitrogens is 4. The van der Waals surface area contributed by atoms with Crippen molar-refractivity contribution in [2.45, 2.75) is 44.4 Å². The molecule has 3 aromatic rings. The molecule has 41 heavy (non-hydrogen) atoms. The van der Waals surface area contributed by atoms with Crippen molar-refractivity contribution >= 4 is 27.2 Å². The van der Waals surface area contributed by atoms with Crippen LogP contribution in [-0.4, -0.2) is 78.0 Å². The Labute approximate surface area is 236 Å². The second kappa shape index (κ2) is 10.5. The molecule has 0 amide bonds. The van der Waals surface area contributed by atoms with Gasteiger partial charge in [-0.25, -0.2) is 31.3 Å². The molecule has 6 rings (SSSR count). The molecule has 2 N–H and O–H groups in total. The van der Waals surface area contributed by atoms with Gasteiger partial charge in [-0.3, -0.25) is 4.72 Å². The van der Waals surface area contributed by atoms with E-state index in [4.69, 9.17) is 5.11 Å². The highest BCUT2D eigenvalue weighted by Crippen LogP contribution is 2.54. The van der Waals surface area contributed by atoms with Crippen LogP contribution in [0.25, 0.3) is 17.1 Å². The molecule has 3 aliphatic rings. The Morgan fingerprint density at radius 3 is 2.34 bits per heavy atom. The SMILES string of the molecule is O=S(=O)(CCO)Nc1ccc(-c2cn(-c3ccc(F)c(N4CCC(F)(F)CC4)n3)nn2)c(N2CCC3(CC2)CC3)c1. The smallest absolute Gasteiger partial charge is 0.251 e. The lowest BCUT2D eigenvalue weighted by atomic mass is 9.93. The predicted octanol–water partition coefficient (Wildman–Crippen LogP) is 3.82. The van der Waals surface area contributed by atoms with Gasteiger partial charge in [0.05, 0.1) is 24.2 Å². The molecule has 2 aromatic heterocycles. The first-order valence-corrected chi connectivity index (χ1v) is 15.4. The molecule has 2 saturated heterocycles. The quantitative estimate of drug-likeness (QED) is 0.406. The third-order valence-corrected chi connectivity index (χ3v) is 9.63. The molecule has 2 aliphatic heterocycles. The van der Waals surface area contributed by atoms with Gasteiger partial charge in [0.15, 0.2) is 17.5 Å². The number of aliphatic hydroxyl groups is 1. The molecule has 0 unspecified atom stereocenters. The number of hydrogen-bond donors (Lipinski definition) is 2. The van der Waals surface area contributed by atoms with Crippen LogP contribution in [0.15, 0.2) is 36.5 Å². The monoisotopic (exact) mass is 591 g/mol. The number of rotatable bonds is 8. The van der Waals surface area contributed by atoms with Crippen molar-refractivity contribution in [3.8, 4) is 17.1 Å². The number of alkyl halides is 2. The molecule has 1 spiro atoms. The minimum Gasteiger partial charge on any atom is -0.395 e. The fourth-order valence-corrected chi connectivity index (χ4v) is 6.47. The first-order chi connectivity index (χ1) is 19.6. The summed E-state index contributed by atoms with van der Waals surface area (Å²) in [4.78, 5) is 8.13. The van der Waals surface area contributed by atoms with E-state index in [2.05, 4.69) is 24.9 Å². The molecule has 0 radical (unpaired) electrons. The predicted molar refractivity (Wildman–Crippen MR) is 149 cm³/mol. The van der Waals surface area contributed by atoms with Gasteiger partial charge in [0.2, 0.25) is 10.0 Å². The maximum Gasteiger partial charge on any atom is 0.251 e. The van der Waals surface area contributed by atoms with E-state index in [1.165, 1.54) is 34.6 Å². The third kappa shape index (κ3) is 5.98. The summed E-state index contributed by atoms with van der Waals surface area (Å²) in [6, 6.07) is 7.88. The first kappa shape index (κ1) is 27.8. The standard InChI is InChI=1S/C27H32F3N7O3S/c28-21-3-4-24(31-25(21)36-13-9-27(29,30)10-14-36)37-18-22(32-34-37)20-2-1-19(33-41(39,40)16-15-38)17-23(20)35-11-7-26(5-6-26)8-12-35/h1-4,17-18,33,38H,5-16H2. The summed E-state index contributed by atoms with van der Waals surface area (Å²) in [5.41, 5.74) is 2.89. The molecule has 3 fully saturated rings. The van der Waals surface area contributed by atoms with Crippen LogP contribution in [0.5, 0.6) is 0 Å². The number of aliphatic hydroxyl groups excluding tert-OH is 1. The summed E-state index contributed by atoms with van der Waals surface area (Å²) in [6.07, 6.45) is 5.55. The molecule has 1 aliphatic carbocycles. The minimum absolute atomic E-state index is 0.00211. The van der Waals surface area contributed by atoms with E-state index in [9.17, 15) is 21.6 Å². The van der Waals surface area contributed by atoms with Crippen molar-refractivity contribution in [1.82, 2.24) is 20.0 Å². The Morgan fingerprint density at radius 1 is 0.951 bits per heavy atom. The van der Waals surface area contributed by atoms with Crippen molar-refractivity contribution < 1.29 is 26.7 Å². The molecule has 10 nitrogen and oxygen atoms in total. The van der Waals surface area contributed by atoms with Crippen LogP contribution in [0.4, 0.5) is 30.4 Å². The first-order valence-electron chi connectivity index (χ1n) is 13.8. The largest absolute Gasteiger partial charge is 0.395 e. The van der Waals surface area contributed by atoms with Crippen LogP contribution < -0.4 is 14.5 Å². The number of anilines is 3. The second-order valence-electron chi connectivity index (χ2n) is 11.2. The van der Waals surface area contributed by atoms with Crippen LogP contribution in [0, 0.1) is 11.2 Å². The van der Waals surface area contributed by atoms with E-state index < -0.39 is 34.1 Å². The van der Waals surface area contributed by atoms with Crippen LogP contribution in [0.2, 0.25) is 0 Å². The summed E-state index contributed by atoms with van der Waals surface area (Å²) < 4.78 is 70.5. The van der Waals surface area contributed by atoms with Gasteiger partial charge in [0, 0.05) is 50.3 Å². The van der Waals surface area contributed by atoms with Crippen LogP contribution in [-0.2, 0) is 10.0 Å². The number of nitrogens with one attached hydrogen (secondary N) is 1. The fourth-order valence-electron chi connectivity index (χ4n) is 5.64. The van der Waals surface area contributed by atoms with Crippen molar-refractivity contribution in [1.29, 1.82) is 0 Å². The molecule has 14 heteroatoms. The molecule has 220 valence electrons. The average Bonchev–Trinajstić information content (AvgIpc) is 3.50. The normalized spacial score (nSPS) is 19.9. The maximum absolute atomic E-state index is 14.6. The Balaban J connectivity index is 1.30. The van der Waals surface area contributed by atoms with Crippen molar-refractivity contribution in [3.63, 3.8) is 0 Å². The zero-order valence-electron chi connectivity index (χ0n) is 22.4. The van der Waals surface area contributed by atoms with Crippen LogP contribution in [0.1, 0.15) is 38.5 Å². The van der Waals surface area contributed by atoms with Crippen molar-refractivity contribution in [2.24, 2.45) is 5.41 Å². The van der Waals surface area contributed by atoms with Crippen LogP contribution >= 0.6 is 0 Å². The molecule has 1 saturated carbocycles. The minimum atomic E-state index is -3.71. The van der Waals surface area contributed by atoms with E-state index in [0.29, 0.717) is 22.6 Å². The highest BCUT2D eigenvalue weighted by molar-refractivity contribution is 7.92. The topological polar surface area (TPSA) is 116 Å². The van der Waals surface area contributed by atoms with E-state index in [0.717, 1.165) is 37.2 Å². The van der Waals surface area contributed by atoms with Gasteiger partial charge in [-0.05, 0) is 61.4 Å². The van der Waals surface area contributed by atoms with Gasteiger partial charge < -0.3 is 14.9 Å². The maximum atomic E-state index is 14.6. The van der Waals surface area contributed by atoms with Crippen molar-refractivity contribution in [3.05, 3.63) is 42.3 Å². The fraction of sp³-hybridized carbons (Fsp3) is 0.519. The van der Waals surface area contributed by atoms with Gasteiger partial charge in [0.1, 0.15) is 5.69 Å². The van der Waals surface area contributed by atoms with Gasteiger partial charge in [-0.1, -0.05) is 5.21 Å². The highest BCUT2D eigenvalue weighted by atomic mass is 32.2. The number of hydrogen-bond acceptors (Lipinski definition) is 8. The average molecular weight is 592 g/mol. The molecule has 0 bridgehead atoms. The summed E-state index contributed by atoms with van der Waals surface area (Å²) in [5, 5.41) is 17.7.